The van der Waals surface area contributed by atoms with Gasteiger partial charge in [-0.25, -0.2) is 4.18 Å². The summed E-state index contributed by atoms with van der Waals surface area (Å²) in [6.07, 6.45) is 1.03. The molecule has 0 aromatic heterocycles. The largest absolute Gasteiger partial charge is 0.328 e. The molecule has 0 aliphatic carbocycles. The highest BCUT2D eigenvalue weighted by Crippen LogP contribution is 1.74. The average molecular weight is 165 g/mol. The van der Waals surface area contributed by atoms with E-state index in [1.54, 1.807) is 0 Å². The molecular weight excluding hydrogens is 158 g/mol. The van der Waals surface area contributed by atoms with E-state index in [0.29, 0.717) is 0 Å². The number of nitrogens with one attached hydrogen (secondary N) is 1. The smallest absolute Gasteiger partial charge is 0.303 e. The molecule has 10 heavy (non-hydrogen) atoms. The van der Waals surface area contributed by atoms with Crippen LogP contribution in [0.4, 0.5) is 0 Å². The molecular formula is C4H7NO4S. The molecule has 5 nitrogen and oxygen atoms in total. The average Bonchev–Trinajstić information content (AvgIpc) is 1.87. The van der Waals surface area contributed by atoms with Crippen molar-refractivity contribution in [2.75, 3.05) is 6.73 Å². The summed E-state index contributed by atoms with van der Waals surface area (Å²) in [6.45, 7) is 2.85. The van der Waals surface area contributed by atoms with Gasteiger partial charge in [-0.05, 0) is 6.08 Å². The summed E-state index contributed by atoms with van der Waals surface area (Å²) in [5, 5.41) is 2.13. The molecule has 0 heterocycles. The number of hydrogen-bond donors (Lipinski definition) is 2. The fourth-order valence-corrected chi connectivity index (χ4v) is 0.383. The van der Waals surface area contributed by atoms with Crippen LogP contribution in [-0.2, 0) is 20.3 Å². The van der Waals surface area contributed by atoms with Gasteiger partial charge >= 0.3 is 11.4 Å². The monoisotopic (exact) mass is 165 g/mol. The first-order chi connectivity index (χ1) is 4.66. The number of amides is 1. The minimum absolute atomic E-state index is 0.298. The molecule has 0 spiro atoms. The van der Waals surface area contributed by atoms with Gasteiger partial charge in [0, 0.05) is 0 Å². The summed E-state index contributed by atoms with van der Waals surface area (Å²) < 4.78 is 21.9. The summed E-state index contributed by atoms with van der Waals surface area (Å²) >= 11 is -2.33. The molecule has 1 amide bonds. The Bertz CT molecular complexity index is 157. The molecule has 0 saturated heterocycles. The lowest BCUT2D eigenvalue weighted by Crippen LogP contribution is -2.24. The van der Waals surface area contributed by atoms with Crippen molar-refractivity contribution in [1.82, 2.24) is 5.32 Å². The molecule has 0 saturated carbocycles. The van der Waals surface area contributed by atoms with Gasteiger partial charge in [-0.3, -0.25) is 9.35 Å². The second-order valence-electron chi connectivity index (χ2n) is 1.22. The van der Waals surface area contributed by atoms with E-state index in [4.69, 9.17) is 4.55 Å². The Labute approximate surface area is 60.6 Å². The van der Waals surface area contributed by atoms with E-state index < -0.39 is 17.3 Å². The molecule has 0 radical (unpaired) electrons. The normalized spacial score (nSPS) is 12.1. The Morgan fingerprint density at radius 3 is 2.90 bits per heavy atom. The van der Waals surface area contributed by atoms with Crippen LogP contribution < -0.4 is 5.32 Å². The zero-order valence-electron chi connectivity index (χ0n) is 5.07. The van der Waals surface area contributed by atoms with Crippen molar-refractivity contribution in [2.24, 2.45) is 0 Å². The van der Waals surface area contributed by atoms with E-state index in [0.717, 1.165) is 6.08 Å². The minimum Gasteiger partial charge on any atom is -0.328 e. The SMILES string of the molecule is C=CC(=O)NCOS(=O)O. The fourth-order valence-electron chi connectivity index (χ4n) is 0.223. The lowest BCUT2D eigenvalue weighted by atomic mass is 10.6. The van der Waals surface area contributed by atoms with Gasteiger partial charge in [0.25, 0.3) is 0 Å². The molecule has 6 heteroatoms. The van der Waals surface area contributed by atoms with Crippen LogP contribution in [0.25, 0.3) is 0 Å². The van der Waals surface area contributed by atoms with Gasteiger partial charge in [-0.1, -0.05) is 6.58 Å². The molecule has 58 valence electrons. The zero-order valence-corrected chi connectivity index (χ0v) is 5.89. The van der Waals surface area contributed by atoms with E-state index in [2.05, 4.69) is 16.1 Å². The zero-order chi connectivity index (χ0) is 7.98. The molecule has 1 atom stereocenters. The first-order valence-corrected chi connectivity index (χ1v) is 3.34. The molecule has 0 bridgehead atoms. The Kier molecular flexibility index (Phi) is 4.73. The second kappa shape index (κ2) is 5.10. The van der Waals surface area contributed by atoms with Crippen LogP contribution in [-0.4, -0.2) is 21.4 Å². The summed E-state index contributed by atoms with van der Waals surface area (Å²) in [7, 11) is 0. The lowest BCUT2D eigenvalue weighted by molar-refractivity contribution is -0.117. The molecule has 0 aromatic rings. The topological polar surface area (TPSA) is 75.6 Å². The first kappa shape index (κ1) is 9.28. The van der Waals surface area contributed by atoms with Gasteiger partial charge in [0.2, 0.25) is 5.91 Å². The molecule has 0 rings (SSSR count). The molecule has 0 aliphatic heterocycles. The summed E-state index contributed by atoms with van der Waals surface area (Å²) in [5.74, 6) is -0.453. The third kappa shape index (κ3) is 5.42. The van der Waals surface area contributed by atoms with Gasteiger partial charge < -0.3 is 5.32 Å². The van der Waals surface area contributed by atoms with Crippen molar-refractivity contribution in [3.05, 3.63) is 12.7 Å². The van der Waals surface area contributed by atoms with Crippen LogP contribution in [0.15, 0.2) is 12.7 Å². The number of hydrogen-bond acceptors (Lipinski definition) is 3. The van der Waals surface area contributed by atoms with E-state index in [9.17, 15) is 9.00 Å². The number of rotatable bonds is 4. The predicted molar refractivity (Wildman–Crippen MR) is 35.1 cm³/mol. The minimum atomic E-state index is -2.33. The van der Waals surface area contributed by atoms with Crippen LogP contribution in [0, 0.1) is 0 Å². The molecule has 0 aliphatic rings. The van der Waals surface area contributed by atoms with Crippen LogP contribution in [0.5, 0.6) is 0 Å². The maximum atomic E-state index is 10.3. The highest BCUT2D eigenvalue weighted by atomic mass is 32.2. The number of carbonyl (C=O) groups is 1. The molecule has 0 fully saturated rings. The maximum Gasteiger partial charge on any atom is 0.303 e. The maximum absolute atomic E-state index is 10.3. The highest BCUT2D eigenvalue weighted by molar-refractivity contribution is 7.74. The Morgan fingerprint density at radius 2 is 2.50 bits per heavy atom. The van der Waals surface area contributed by atoms with Crippen LogP contribution in [0.1, 0.15) is 0 Å². The van der Waals surface area contributed by atoms with Crippen molar-refractivity contribution in [3.8, 4) is 0 Å². The van der Waals surface area contributed by atoms with E-state index in [1.807, 2.05) is 0 Å². The first-order valence-electron chi connectivity index (χ1n) is 2.31. The van der Waals surface area contributed by atoms with Crippen LogP contribution in [0.2, 0.25) is 0 Å². The number of carbonyl (C=O) groups excluding carboxylic acids is 1. The van der Waals surface area contributed by atoms with Gasteiger partial charge in [0.1, 0.15) is 6.73 Å². The molecule has 1 unspecified atom stereocenters. The molecule has 2 N–H and O–H groups in total. The van der Waals surface area contributed by atoms with Crippen molar-refractivity contribution in [3.63, 3.8) is 0 Å². The van der Waals surface area contributed by atoms with E-state index in [-0.39, 0.29) is 6.73 Å². The predicted octanol–water partition coefficient (Wildman–Crippen LogP) is -0.601. The summed E-state index contributed by atoms with van der Waals surface area (Å²) in [5.41, 5.74) is 0. The quantitative estimate of drug-likeness (QED) is 0.331. The van der Waals surface area contributed by atoms with Crippen LogP contribution in [0.3, 0.4) is 0 Å². The third-order valence-corrected chi connectivity index (χ3v) is 0.911. The summed E-state index contributed by atoms with van der Waals surface area (Å²) in [6, 6.07) is 0. The van der Waals surface area contributed by atoms with Crippen molar-refractivity contribution in [1.29, 1.82) is 0 Å². The Hall–Kier alpha value is -0.720. The lowest BCUT2D eigenvalue weighted by Gasteiger charge is -1.97. The van der Waals surface area contributed by atoms with Gasteiger partial charge in [-0.15, -0.1) is 0 Å². The van der Waals surface area contributed by atoms with Gasteiger partial charge in [0.15, 0.2) is 0 Å². The fraction of sp³-hybridized carbons (Fsp3) is 0.250. The Morgan fingerprint density at radius 1 is 1.90 bits per heavy atom. The van der Waals surface area contributed by atoms with Crippen molar-refractivity contribution >= 4 is 17.3 Å². The Balaban J connectivity index is 3.28. The molecule has 0 aromatic carbocycles. The van der Waals surface area contributed by atoms with Crippen molar-refractivity contribution in [2.45, 2.75) is 0 Å². The van der Waals surface area contributed by atoms with E-state index >= 15 is 0 Å². The van der Waals surface area contributed by atoms with Gasteiger partial charge in [0.05, 0.1) is 0 Å². The van der Waals surface area contributed by atoms with Gasteiger partial charge in [-0.2, -0.15) is 4.21 Å². The summed E-state index contributed by atoms with van der Waals surface area (Å²) in [4.78, 5) is 10.3. The van der Waals surface area contributed by atoms with E-state index in [1.165, 1.54) is 0 Å². The second-order valence-corrected chi connectivity index (χ2v) is 1.89. The standard InChI is InChI=1S/C4H7NO4S/c1-2-4(6)5-3-9-10(7)8/h2H,1,3H2,(H,5,6)(H,7,8). The van der Waals surface area contributed by atoms with Crippen LogP contribution >= 0.6 is 0 Å². The van der Waals surface area contributed by atoms with Crippen molar-refractivity contribution < 1.29 is 17.7 Å². The highest BCUT2D eigenvalue weighted by Gasteiger charge is 1.94. The third-order valence-electron chi connectivity index (χ3n) is 0.592.